The molecule has 0 saturated heterocycles. The molecule has 2 heterocycles. The molecule has 0 amide bonds. The van der Waals surface area contributed by atoms with Gasteiger partial charge in [0.05, 0.1) is 0 Å². The second kappa shape index (κ2) is 2.71. The molecular weight excluding hydrogens is 172 g/mol. The van der Waals surface area contributed by atoms with Gasteiger partial charge in [0.15, 0.2) is 11.5 Å². The summed E-state index contributed by atoms with van der Waals surface area (Å²) < 4.78 is 6.07. The number of fused-ring (bicyclic) bond motifs is 1. The van der Waals surface area contributed by atoms with Gasteiger partial charge in [-0.25, -0.2) is 4.98 Å². The molecule has 3 nitrogen and oxygen atoms in total. The lowest BCUT2D eigenvalue weighted by atomic mass is 10.4. The van der Waals surface area contributed by atoms with Gasteiger partial charge in [0.25, 0.3) is 0 Å². The van der Waals surface area contributed by atoms with Crippen LogP contribution in [0.5, 0.6) is 0 Å². The van der Waals surface area contributed by atoms with Crippen molar-refractivity contribution < 1.29 is 4.42 Å². The first kappa shape index (κ1) is 7.49. The van der Waals surface area contributed by atoms with Gasteiger partial charge >= 0.3 is 0 Å². The topological polar surface area (TPSA) is 41.8 Å². The van der Waals surface area contributed by atoms with E-state index in [4.69, 9.17) is 16.6 Å². The molecule has 0 aliphatic heterocycles. The van der Waals surface area contributed by atoms with Gasteiger partial charge in [0.2, 0.25) is 0 Å². The van der Waals surface area contributed by atoms with E-state index < -0.39 is 0 Å². The molecule has 0 fully saturated rings. The van der Waals surface area contributed by atoms with Gasteiger partial charge in [-0.3, -0.25) is 0 Å². The smallest absolute Gasteiger partial charge is 0.195 e. The minimum atomic E-state index is 0.668. The van der Waals surface area contributed by atoms with Crippen LogP contribution in [0.1, 0.15) is 12.8 Å². The van der Waals surface area contributed by atoms with Crippen LogP contribution in [0.2, 0.25) is 0 Å². The van der Waals surface area contributed by atoms with E-state index in [1.807, 2.05) is 6.92 Å². The molecular formula is C8H8N2OS. The lowest BCUT2D eigenvalue weighted by molar-refractivity contribution is 0.538. The molecule has 12 heavy (non-hydrogen) atoms. The SMILES string of the molecule is CCc1nc2c[nH]c(=S)cc2o1. The van der Waals surface area contributed by atoms with Crippen molar-refractivity contribution in [2.75, 3.05) is 0 Å². The number of pyridine rings is 1. The Hall–Kier alpha value is -1.16. The molecule has 0 atom stereocenters. The zero-order valence-electron chi connectivity index (χ0n) is 6.63. The lowest BCUT2D eigenvalue weighted by Gasteiger charge is -1.83. The van der Waals surface area contributed by atoms with Crippen molar-refractivity contribution in [1.82, 2.24) is 9.97 Å². The fraction of sp³-hybridized carbons (Fsp3) is 0.250. The van der Waals surface area contributed by atoms with Crippen molar-refractivity contribution in [2.45, 2.75) is 13.3 Å². The van der Waals surface area contributed by atoms with Crippen molar-refractivity contribution >= 4 is 23.3 Å². The first-order valence-electron chi connectivity index (χ1n) is 3.77. The van der Waals surface area contributed by atoms with Crippen LogP contribution in [0.4, 0.5) is 0 Å². The lowest BCUT2D eigenvalue weighted by Crippen LogP contribution is -1.76. The summed E-state index contributed by atoms with van der Waals surface area (Å²) in [5.74, 6) is 0.749. The molecule has 2 aromatic rings. The Bertz CT molecular complexity index is 457. The summed E-state index contributed by atoms with van der Waals surface area (Å²) in [4.78, 5) is 7.13. The van der Waals surface area contributed by atoms with Gasteiger partial charge in [-0.2, -0.15) is 0 Å². The maximum atomic E-state index is 5.40. The average molecular weight is 180 g/mol. The molecule has 0 aliphatic rings. The van der Waals surface area contributed by atoms with Crippen LogP contribution in [0.3, 0.4) is 0 Å². The van der Waals surface area contributed by atoms with Crippen molar-refractivity contribution in [3.63, 3.8) is 0 Å². The van der Waals surface area contributed by atoms with Crippen molar-refractivity contribution in [3.8, 4) is 0 Å². The number of rotatable bonds is 1. The first-order chi connectivity index (χ1) is 5.79. The van der Waals surface area contributed by atoms with Crippen molar-refractivity contribution in [1.29, 1.82) is 0 Å². The Balaban J connectivity index is 2.75. The van der Waals surface area contributed by atoms with Gasteiger partial charge < -0.3 is 9.40 Å². The van der Waals surface area contributed by atoms with Crippen LogP contribution in [-0.4, -0.2) is 9.97 Å². The molecule has 0 bridgehead atoms. The number of aromatic nitrogens is 2. The van der Waals surface area contributed by atoms with Gasteiger partial charge in [-0.15, -0.1) is 0 Å². The van der Waals surface area contributed by atoms with Crippen molar-refractivity contribution in [3.05, 3.63) is 22.8 Å². The van der Waals surface area contributed by atoms with Crippen molar-refractivity contribution in [2.24, 2.45) is 0 Å². The third-order valence-corrected chi connectivity index (χ3v) is 1.88. The second-order valence-corrected chi connectivity index (χ2v) is 2.95. The van der Waals surface area contributed by atoms with E-state index in [0.29, 0.717) is 4.64 Å². The quantitative estimate of drug-likeness (QED) is 0.685. The predicted octanol–water partition coefficient (Wildman–Crippen LogP) is 2.45. The van der Waals surface area contributed by atoms with E-state index in [1.165, 1.54) is 0 Å². The molecule has 0 aromatic carbocycles. The summed E-state index contributed by atoms with van der Waals surface area (Å²) >= 11 is 4.94. The average Bonchev–Trinajstić information content (AvgIpc) is 2.46. The van der Waals surface area contributed by atoms with E-state index in [9.17, 15) is 0 Å². The summed E-state index contributed by atoms with van der Waals surface area (Å²) in [6.07, 6.45) is 2.57. The number of aromatic amines is 1. The third kappa shape index (κ3) is 1.14. The Morgan fingerprint density at radius 3 is 3.25 bits per heavy atom. The third-order valence-electron chi connectivity index (χ3n) is 1.64. The van der Waals surface area contributed by atoms with Crippen LogP contribution in [0.15, 0.2) is 16.7 Å². The van der Waals surface area contributed by atoms with Crippen LogP contribution < -0.4 is 0 Å². The molecule has 0 radical (unpaired) electrons. The standard InChI is InChI=1S/C8H8N2OS/c1-2-7-10-5-4-9-8(12)3-6(5)11-7/h3-4H,2H2,1H3,(H,9,12). The summed E-state index contributed by atoms with van der Waals surface area (Å²) in [6, 6.07) is 1.77. The normalized spacial score (nSPS) is 10.8. The minimum Gasteiger partial charge on any atom is -0.441 e. The van der Waals surface area contributed by atoms with E-state index in [-0.39, 0.29) is 0 Å². The van der Waals surface area contributed by atoms with E-state index >= 15 is 0 Å². The van der Waals surface area contributed by atoms with Gasteiger partial charge in [0.1, 0.15) is 10.2 Å². The monoisotopic (exact) mass is 180 g/mol. The van der Waals surface area contributed by atoms with E-state index in [0.717, 1.165) is 23.4 Å². The van der Waals surface area contributed by atoms with Gasteiger partial charge in [-0.1, -0.05) is 19.1 Å². The number of nitrogens with one attached hydrogen (secondary N) is 1. The fourth-order valence-electron chi connectivity index (χ4n) is 1.05. The number of hydrogen-bond acceptors (Lipinski definition) is 3. The summed E-state index contributed by atoms with van der Waals surface area (Å²) in [5, 5.41) is 0. The maximum Gasteiger partial charge on any atom is 0.195 e. The Kier molecular flexibility index (Phi) is 1.69. The molecule has 4 heteroatoms. The second-order valence-electron chi connectivity index (χ2n) is 2.51. The Morgan fingerprint density at radius 2 is 2.50 bits per heavy atom. The predicted molar refractivity (Wildman–Crippen MR) is 48.6 cm³/mol. The Labute approximate surface area is 74.4 Å². The highest BCUT2D eigenvalue weighted by molar-refractivity contribution is 7.71. The number of H-pyrrole nitrogens is 1. The number of hydrogen-bond donors (Lipinski definition) is 1. The summed E-state index contributed by atoms with van der Waals surface area (Å²) in [6.45, 7) is 2.00. The molecule has 1 N–H and O–H groups in total. The zero-order valence-corrected chi connectivity index (χ0v) is 7.44. The summed E-state index contributed by atoms with van der Waals surface area (Å²) in [5.41, 5.74) is 1.59. The minimum absolute atomic E-state index is 0.668. The highest BCUT2D eigenvalue weighted by Crippen LogP contribution is 2.13. The number of nitrogens with zero attached hydrogens (tertiary/aromatic N) is 1. The van der Waals surface area contributed by atoms with E-state index in [1.54, 1.807) is 12.3 Å². The first-order valence-corrected chi connectivity index (χ1v) is 4.18. The molecule has 0 saturated carbocycles. The largest absolute Gasteiger partial charge is 0.441 e. The van der Waals surface area contributed by atoms with Gasteiger partial charge in [0, 0.05) is 18.7 Å². The van der Waals surface area contributed by atoms with Crippen LogP contribution in [-0.2, 0) is 6.42 Å². The van der Waals surface area contributed by atoms with E-state index in [2.05, 4.69) is 9.97 Å². The number of aryl methyl sites for hydroxylation is 1. The summed E-state index contributed by atoms with van der Waals surface area (Å²) in [7, 11) is 0. The number of oxazole rings is 1. The highest BCUT2D eigenvalue weighted by atomic mass is 32.1. The molecule has 0 spiro atoms. The molecule has 0 aliphatic carbocycles. The van der Waals surface area contributed by atoms with Gasteiger partial charge in [-0.05, 0) is 0 Å². The fourth-order valence-corrected chi connectivity index (χ4v) is 1.22. The molecule has 62 valence electrons. The Morgan fingerprint density at radius 1 is 1.67 bits per heavy atom. The van der Waals surface area contributed by atoms with Crippen LogP contribution >= 0.6 is 12.2 Å². The van der Waals surface area contributed by atoms with Crippen LogP contribution in [0, 0.1) is 4.64 Å². The van der Waals surface area contributed by atoms with Crippen LogP contribution in [0.25, 0.3) is 11.1 Å². The molecule has 0 unspecified atom stereocenters. The molecule has 2 rings (SSSR count). The zero-order chi connectivity index (χ0) is 8.55. The highest BCUT2D eigenvalue weighted by Gasteiger charge is 2.01. The maximum absolute atomic E-state index is 5.40. The molecule has 2 aromatic heterocycles.